The molecule has 0 saturated carbocycles. The highest BCUT2D eigenvalue weighted by Crippen LogP contribution is 2.36. The van der Waals surface area contributed by atoms with Gasteiger partial charge >= 0.3 is 0 Å². The van der Waals surface area contributed by atoms with Crippen molar-refractivity contribution in [2.45, 2.75) is 13.0 Å². The lowest BCUT2D eigenvalue weighted by Crippen LogP contribution is -2.28. The van der Waals surface area contributed by atoms with Crippen LogP contribution in [0.5, 0.6) is 5.75 Å². The minimum atomic E-state index is 0.277. The first-order valence-electron chi connectivity index (χ1n) is 6.23. The fourth-order valence-corrected chi connectivity index (χ4v) is 2.34. The molecule has 2 unspecified atom stereocenters. The van der Waals surface area contributed by atoms with Gasteiger partial charge in [-0.3, -0.25) is 4.98 Å². The molecule has 0 amide bonds. The van der Waals surface area contributed by atoms with Gasteiger partial charge in [0.05, 0.1) is 18.3 Å². The molecule has 2 atom stereocenters. The quantitative estimate of drug-likeness (QED) is 0.874. The highest BCUT2D eigenvalue weighted by atomic mass is 16.5. The summed E-state index contributed by atoms with van der Waals surface area (Å²) < 4.78 is 5.75. The van der Waals surface area contributed by atoms with E-state index in [4.69, 9.17) is 4.74 Å². The zero-order chi connectivity index (χ0) is 12.4. The van der Waals surface area contributed by atoms with Gasteiger partial charge in [-0.2, -0.15) is 0 Å². The maximum Gasteiger partial charge on any atom is 0.124 e. The van der Waals surface area contributed by atoms with Crippen LogP contribution in [0.3, 0.4) is 0 Å². The smallest absolute Gasteiger partial charge is 0.124 e. The van der Waals surface area contributed by atoms with Gasteiger partial charge in [-0.25, -0.2) is 0 Å². The summed E-state index contributed by atoms with van der Waals surface area (Å²) in [7, 11) is 0. The number of hydrogen-bond acceptors (Lipinski definition) is 3. The Balaban J connectivity index is 1.91. The van der Waals surface area contributed by atoms with Crippen molar-refractivity contribution in [3.05, 3.63) is 54.4 Å². The number of nitrogens with zero attached hydrogens (tertiary/aromatic N) is 1. The van der Waals surface area contributed by atoms with Crippen LogP contribution in [0.2, 0.25) is 0 Å². The summed E-state index contributed by atoms with van der Waals surface area (Å²) >= 11 is 0. The van der Waals surface area contributed by atoms with Crippen LogP contribution >= 0.6 is 0 Å². The maximum absolute atomic E-state index is 5.75. The van der Waals surface area contributed by atoms with E-state index >= 15 is 0 Å². The van der Waals surface area contributed by atoms with Crippen LogP contribution in [-0.4, -0.2) is 11.6 Å². The number of benzene rings is 1. The van der Waals surface area contributed by atoms with Gasteiger partial charge in [-0.05, 0) is 18.2 Å². The first-order valence-corrected chi connectivity index (χ1v) is 6.23. The number of rotatable bonds is 2. The number of pyridine rings is 1. The Labute approximate surface area is 107 Å². The van der Waals surface area contributed by atoms with Gasteiger partial charge in [0.25, 0.3) is 0 Å². The highest BCUT2D eigenvalue weighted by Gasteiger charge is 2.27. The van der Waals surface area contributed by atoms with Crippen molar-refractivity contribution >= 4 is 5.69 Å². The summed E-state index contributed by atoms with van der Waals surface area (Å²) in [6.45, 7) is 2.94. The largest absolute Gasteiger partial charge is 0.493 e. The first-order chi connectivity index (χ1) is 8.84. The highest BCUT2D eigenvalue weighted by molar-refractivity contribution is 5.47. The van der Waals surface area contributed by atoms with E-state index in [9.17, 15) is 0 Å². The second-order valence-corrected chi connectivity index (χ2v) is 4.69. The summed E-state index contributed by atoms with van der Waals surface area (Å²) in [5.41, 5.74) is 2.27. The molecule has 1 aliphatic heterocycles. The van der Waals surface area contributed by atoms with Crippen LogP contribution in [0.25, 0.3) is 0 Å². The van der Waals surface area contributed by atoms with Crippen molar-refractivity contribution in [2.24, 2.45) is 5.92 Å². The predicted octanol–water partition coefficient (Wildman–Crippen LogP) is 3.26. The Morgan fingerprint density at radius 1 is 1.22 bits per heavy atom. The van der Waals surface area contributed by atoms with Crippen molar-refractivity contribution in [2.75, 3.05) is 11.9 Å². The van der Waals surface area contributed by atoms with Crippen LogP contribution in [-0.2, 0) is 0 Å². The Hall–Kier alpha value is -2.03. The molecular weight excluding hydrogens is 224 g/mol. The van der Waals surface area contributed by atoms with E-state index in [1.54, 1.807) is 6.20 Å². The fourth-order valence-electron chi connectivity index (χ4n) is 2.34. The number of fused-ring (bicyclic) bond motifs is 1. The van der Waals surface area contributed by atoms with Crippen molar-refractivity contribution in [1.29, 1.82) is 0 Å². The first kappa shape index (κ1) is 11.1. The molecule has 0 fully saturated rings. The van der Waals surface area contributed by atoms with E-state index in [1.165, 1.54) is 5.56 Å². The SMILES string of the molecule is CC1COc2ccccc2C1Nc1cccnc1. The van der Waals surface area contributed by atoms with Crippen molar-refractivity contribution in [3.63, 3.8) is 0 Å². The van der Waals surface area contributed by atoms with Gasteiger partial charge in [0.15, 0.2) is 0 Å². The molecule has 1 aliphatic rings. The number of anilines is 1. The molecule has 1 N–H and O–H groups in total. The Morgan fingerprint density at radius 2 is 2.11 bits per heavy atom. The van der Waals surface area contributed by atoms with Crippen LogP contribution in [0.15, 0.2) is 48.8 Å². The lowest BCUT2D eigenvalue weighted by Gasteiger charge is -2.32. The monoisotopic (exact) mass is 240 g/mol. The van der Waals surface area contributed by atoms with Gasteiger partial charge in [0, 0.05) is 23.9 Å². The third-order valence-corrected chi connectivity index (χ3v) is 3.31. The summed E-state index contributed by atoms with van der Waals surface area (Å²) in [4.78, 5) is 4.14. The third kappa shape index (κ3) is 2.04. The molecule has 0 saturated heterocycles. The average molecular weight is 240 g/mol. The second kappa shape index (κ2) is 4.69. The average Bonchev–Trinajstić information content (AvgIpc) is 2.43. The van der Waals surface area contributed by atoms with E-state index in [0.29, 0.717) is 5.92 Å². The Kier molecular flexibility index (Phi) is 2.89. The maximum atomic E-state index is 5.75. The molecular formula is C15H16N2O. The van der Waals surface area contributed by atoms with Gasteiger partial charge in [-0.15, -0.1) is 0 Å². The lowest BCUT2D eigenvalue weighted by molar-refractivity contribution is 0.214. The number of hydrogen-bond donors (Lipinski definition) is 1. The number of para-hydroxylation sites is 1. The molecule has 3 heteroatoms. The van der Waals surface area contributed by atoms with Gasteiger partial charge in [-0.1, -0.05) is 25.1 Å². The van der Waals surface area contributed by atoms with E-state index in [0.717, 1.165) is 18.0 Å². The molecule has 2 aromatic rings. The Morgan fingerprint density at radius 3 is 2.94 bits per heavy atom. The van der Waals surface area contributed by atoms with Crippen molar-refractivity contribution < 1.29 is 4.74 Å². The molecule has 3 nitrogen and oxygen atoms in total. The number of aromatic nitrogens is 1. The fraction of sp³-hybridized carbons (Fsp3) is 0.267. The predicted molar refractivity (Wildman–Crippen MR) is 71.7 cm³/mol. The minimum absolute atomic E-state index is 0.277. The van der Waals surface area contributed by atoms with Crippen LogP contribution in [0.4, 0.5) is 5.69 Å². The number of nitrogens with one attached hydrogen (secondary N) is 1. The van der Waals surface area contributed by atoms with Gasteiger partial charge < -0.3 is 10.1 Å². The molecule has 92 valence electrons. The summed E-state index contributed by atoms with van der Waals surface area (Å²) in [5.74, 6) is 1.41. The summed E-state index contributed by atoms with van der Waals surface area (Å²) in [6.07, 6.45) is 3.64. The Bertz CT molecular complexity index is 527. The van der Waals surface area contributed by atoms with Crippen LogP contribution in [0, 0.1) is 5.92 Å². The van der Waals surface area contributed by atoms with Crippen molar-refractivity contribution in [3.8, 4) is 5.75 Å². The van der Waals surface area contributed by atoms with E-state index in [1.807, 2.05) is 30.5 Å². The summed E-state index contributed by atoms with van der Waals surface area (Å²) in [5, 5.41) is 3.54. The van der Waals surface area contributed by atoms with Crippen molar-refractivity contribution in [1.82, 2.24) is 4.98 Å². The van der Waals surface area contributed by atoms with Crippen LogP contribution < -0.4 is 10.1 Å². The van der Waals surface area contributed by atoms with E-state index in [2.05, 4.69) is 29.4 Å². The molecule has 3 rings (SSSR count). The molecule has 0 aliphatic carbocycles. The summed E-state index contributed by atoms with van der Waals surface area (Å²) in [6, 6.07) is 12.5. The topological polar surface area (TPSA) is 34.1 Å². The van der Waals surface area contributed by atoms with E-state index in [-0.39, 0.29) is 6.04 Å². The molecule has 0 radical (unpaired) electrons. The van der Waals surface area contributed by atoms with Gasteiger partial charge in [0.2, 0.25) is 0 Å². The van der Waals surface area contributed by atoms with Gasteiger partial charge in [0.1, 0.15) is 5.75 Å². The molecule has 1 aromatic heterocycles. The zero-order valence-corrected chi connectivity index (χ0v) is 10.3. The minimum Gasteiger partial charge on any atom is -0.493 e. The standard InChI is InChI=1S/C15H16N2O/c1-11-10-18-14-7-3-2-6-13(14)15(11)17-12-5-4-8-16-9-12/h2-9,11,15,17H,10H2,1H3. The number of ether oxygens (including phenoxy) is 1. The zero-order valence-electron chi connectivity index (χ0n) is 10.3. The second-order valence-electron chi connectivity index (χ2n) is 4.69. The van der Waals surface area contributed by atoms with E-state index < -0.39 is 0 Å². The molecule has 2 heterocycles. The molecule has 0 spiro atoms. The third-order valence-electron chi connectivity index (χ3n) is 3.31. The molecule has 18 heavy (non-hydrogen) atoms. The molecule has 1 aromatic carbocycles. The van der Waals surface area contributed by atoms with Crippen LogP contribution in [0.1, 0.15) is 18.5 Å². The normalized spacial score (nSPS) is 21.8. The molecule has 0 bridgehead atoms. The lowest BCUT2D eigenvalue weighted by atomic mass is 9.92.